The van der Waals surface area contributed by atoms with Crippen LogP contribution in [0.4, 0.5) is 5.69 Å². The number of piperazine rings is 1. The molecule has 3 aromatic carbocycles. The molecule has 0 N–H and O–H groups in total. The van der Waals surface area contributed by atoms with Gasteiger partial charge in [0.25, 0.3) is 5.91 Å². The predicted molar refractivity (Wildman–Crippen MR) is 113 cm³/mol. The van der Waals surface area contributed by atoms with Gasteiger partial charge in [-0.15, -0.1) is 0 Å². The van der Waals surface area contributed by atoms with E-state index in [4.69, 9.17) is 23.2 Å². The van der Waals surface area contributed by atoms with Crippen LogP contribution in [0.1, 0.15) is 17.3 Å². The molecule has 4 rings (SSSR count). The number of amides is 2. The monoisotopic (exact) mass is 412 g/mol. The van der Waals surface area contributed by atoms with Gasteiger partial charge in [-0.25, -0.2) is 0 Å². The third-order valence-electron chi connectivity index (χ3n) is 5.14. The molecule has 0 bridgehead atoms. The van der Waals surface area contributed by atoms with Crippen molar-refractivity contribution >= 4 is 51.5 Å². The van der Waals surface area contributed by atoms with Crippen LogP contribution in [0.2, 0.25) is 10.0 Å². The van der Waals surface area contributed by atoms with E-state index in [2.05, 4.69) is 0 Å². The zero-order valence-electron chi connectivity index (χ0n) is 15.2. The molecule has 1 saturated heterocycles. The molecule has 28 heavy (non-hydrogen) atoms. The number of hydrogen-bond acceptors (Lipinski definition) is 2. The lowest BCUT2D eigenvalue weighted by Gasteiger charge is -2.39. The third kappa shape index (κ3) is 3.23. The highest BCUT2D eigenvalue weighted by Crippen LogP contribution is 2.30. The van der Waals surface area contributed by atoms with Crippen LogP contribution in [0.5, 0.6) is 0 Å². The van der Waals surface area contributed by atoms with Gasteiger partial charge in [0.15, 0.2) is 0 Å². The van der Waals surface area contributed by atoms with Gasteiger partial charge in [0, 0.05) is 23.5 Å². The molecule has 0 radical (unpaired) electrons. The Bertz CT molecular complexity index is 1080. The highest BCUT2D eigenvalue weighted by Gasteiger charge is 2.36. The Labute approximate surface area is 173 Å². The van der Waals surface area contributed by atoms with Gasteiger partial charge in [0.2, 0.25) is 5.91 Å². The summed E-state index contributed by atoms with van der Waals surface area (Å²) >= 11 is 12.1. The van der Waals surface area contributed by atoms with Crippen LogP contribution in [-0.2, 0) is 4.79 Å². The Balaban J connectivity index is 1.63. The summed E-state index contributed by atoms with van der Waals surface area (Å²) < 4.78 is 0. The molecule has 0 aliphatic carbocycles. The summed E-state index contributed by atoms with van der Waals surface area (Å²) in [6, 6.07) is 18.0. The first-order valence-corrected chi connectivity index (χ1v) is 9.78. The Morgan fingerprint density at radius 1 is 1.00 bits per heavy atom. The highest BCUT2D eigenvalue weighted by molar-refractivity contribution is 6.36. The number of halogens is 2. The van der Waals surface area contributed by atoms with Crippen LogP contribution in [0.15, 0.2) is 60.7 Å². The van der Waals surface area contributed by atoms with Crippen LogP contribution in [0.3, 0.4) is 0 Å². The van der Waals surface area contributed by atoms with Crippen LogP contribution < -0.4 is 4.90 Å². The lowest BCUT2D eigenvalue weighted by atomic mass is 10.0. The molecule has 1 aliphatic rings. The SMILES string of the molecule is C[C@H]1C(=O)N(c2cccc3ccccc23)CCN1C(=O)c1ccc(Cl)cc1Cl. The first-order chi connectivity index (χ1) is 13.5. The van der Waals surface area contributed by atoms with Gasteiger partial charge < -0.3 is 9.80 Å². The van der Waals surface area contributed by atoms with E-state index in [1.165, 1.54) is 6.07 Å². The van der Waals surface area contributed by atoms with Gasteiger partial charge in [-0.1, -0.05) is 59.6 Å². The van der Waals surface area contributed by atoms with E-state index in [0.29, 0.717) is 23.7 Å². The summed E-state index contributed by atoms with van der Waals surface area (Å²) in [5.74, 6) is -0.374. The largest absolute Gasteiger partial charge is 0.325 e. The molecule has 2 amide bonds. The molecule has 0 spiro atoms. The number of carbonyl (C=O) groups excluding carboxylic acids is 2. The maximum atomic E-state index is 13.1. The number of fused-ring (bicyclic) bond motifs is 1. The molecule has 1 aliphatic heterocycles. The average Bonchev–Trinajstić information content (AvgIpc) is 2.69. The summed E-state index contributed by atoms with van der Waals surface area (Å²) in [5.41, 5.74) is 1.22. The molecular formula is C22H18Cl2N2O2. The fourth-order valence-electron chi connectivity index (χ4n) is 3.65. The van der Waals surface area contributed by atoms with Crippen LogP contribution >= 0.6 is 23.2 Å². The minimum atomic E-state index is -0.591. The first-order valence-electron chi connectivity index (χ1n) is 9.02. The Morgan fingerprint density at radius 2 is 1.75 bits per heavy atom. The van der Waals surface area contributed by atoms with Crippen LogP contribution in [0, 0.1) is 0 Å². The van der Waals surface area contributed by atoms with Gasteiger partial charge in [-0.2, -0.15) is 0 Å². The summed E-state index contributed by atoms with van der Waals surface area (Å²) in [7, 11) is 0. The van der Waals surface area contributed by atoms with Gasteiger partial charge in [-0.3, -0.25) is 9.59 Å². The maximum absolute atomic E-state index is 13.1. The van der Waals surface area contributed by atoms with Gasteiger partial charge >= 0.3 is 0 Å². The van der Waals surface area contributed by atoms with E-state index in [1.54, 1.807) is 28.9 Å². The van der Waals surface area contributed by atoms with Crippen LogP contribution in [0.25, 0.3) is 10.8 Å². The maximum Gasteiger partial charge on any atom is 0.256 e. The van der Waals surface area contributed by atoms with Crippen molar-refractivity contribution in [2.75, 3.05) is 18.0 Å². The standard InChI is InChI=1S/C22H18Cl2N2O2/c1-14-21(27)26(20-8-4-6-15-5-2-3-7-17(15)20)12-11-25(14)22(28)18-10-9-16(23)13-19(18)24/h2-10,13-14H,11-12H2,1H3/t14-/m0/s1. The van der Waals surface area contributed by atoms with E-state index >= 15 is 0 Å². The number of hydrogen-bond donors (Lipinski definition) is 0. The number of carbonyl (C=O) groups is 2. The molecule has 0 aromatic heterocycles. The fourth-order valence-corrected chi connectivity index (χ4v) is 4.14. The summed E-state index contributed by atoms with van der Waals surface area (Å²) in [5, 5.41) is 2.85. The molecule has 1 fully saturated rings. The smallest absolute Gasteiger partial charge is 0.256 e. The van der Waals surface area contributed by atoms with E-state index in [1.807, 2.05) is 42.5 Å². The molecule has 142 valence electrons. The Hall–Kier alpha value is -2.56. The second-order valence-electron chi connectivity index (χ2n) is 6.79. The molecule has 4 nitrogen and oxygen atoms in total. The van der Waals surface area contributed by atoms with Crippen molar-refractivity contribution < 1.29 is 9.59 Å². The first kappa shape index (κ1) is 18.8. The molecule has 3 aromatic rings. The lowest BCUT2D eigenvalue weighted by molar-refractivity contribution is -0.124. The number of nitrogens with zero attached hydrogens (tertiary/aromatic N) is 2. The van der Waals surface area contributed by atoms with E-state index in [9.17, 15) is 9.59 Å². The minimum Gasteiger partial charge on any atom is -0.325 e. The minimum absolute atomic E-state index is 0.110. The van der Waals surface area contributed by atoms with Crippen molar-refractivity contribution in [3.63, 3.8) is 0 Å². The molecule has 0 saturated carbocycles. The van der Waals surface area contributed by atoms with Crippen molar-refractivity contribution in [1.29, 1.82) is 0 Å². The number of anilines is 1. The molecule has 0 unspecified atom stereocenters. The lowest BCUT2D eigenvalue weighted by Crippen LogP contribution is -2.57. The topological polar surface area (TPSA) is 40.6 Å². The third-order valence-corrected chi connectivity index (χ3v) is 5.68. The van der Waals surface area contributed by atoms with Crippen molar-refractivity contribution in [2.24, 2.45) is 0 Å². The molecule has 1 heterocycles. The summed E-state index contributed by atoms with van der Waals surface area (Å²) in [4.78, 5) is 29.4. The van der Waals surface area contributed by atoms with Crippen molar-refractivity contribution in [3.05, 3.63) is 76.3 Å². The highest BCUT2D eigenvalue weighted by atomic mass is 35.5. The fraction of sp³-hybridized carbons (Fsp3) is 0.182. The van der Waals surface area contributed by atoms with Gasteiger partial charge in [-0.05, 0) is 36.6 Å². The van der Waals surface area contributed by atoms with Gasteiger partial charge in [0.05, 0.1) is 16.3 Å². The van der Waals surface area contributed by atoms with Crippen LogP contribution in [-0.4, -0.2) is 35.8 Å². The summed E-state index contributed by atoms with van der Waals surface area (Å²) in [6.07, 6.45) is 0. The summed E-state index contributed by atoms with van der Waals surface area (Å²) in [6.45, 7) is 2.60. The quantitative estimate of drug-likeness (QED) is 0.592. The normalized spacial score (nSPS) is 17.2. The Kier molecular flexibility index (Phi) is 5.00. The van der Waals surface area contributed by atoms with E-state index < -0.39 is 6.04 Å². The molecular weight excluding hydrogens is 395 g/mol. The van der Waals surface area contributed by atoms with Crippen molar-refractivity contribution in [3.8, 4) is 0 Å². The zero-order valence-corrected chi connectivity index (χ0v) is 16.7. The zero-order chi connectivity index (χ0) is 19.8. The number of benzene rings is 3. The second kappa shape index (κ2) is 7.46. The van der Waals surface area contributed by atoms with Crippen molar-refractivity contribution in [2.45, 2.75) is 13.0 Å². The van der Waals surface area contributed by atoms with E-state index in [-0.39, 0.29) is 16.8 Å². The molecule has 6 heteroatoms. The molecule has 1 atom stereocenters. The van der Waals surface area contributed by atoms with Gasteiger partial charge in [0.1, 0.15) is 6.04 Å². The second-order valence-corrected chi connectivity index (χ2v) is 7.63. The number of rotatable bonds is 2. The van der Waals surface area contributed by atoms with E-state index in [0.717, 1.165) is 16.5 Å². The predicted octanol–water partition coefficient (Wildman–Crippen LogP) is 5.02. The average molecular weight is 413 g/mol. The Morgan fingerprint density at radius 3 is 2.54 bits per heavy atom. The van der Waals surface area contributed by atoms with Crippen molar-refractivity contribution in [1.82, 2.24) is 4.90 Å².